The van der Waals surface area contributed by atoms with Crippen molar-refractivity contribution in [1.29, 1.82) is 0 Å². The average Bonchev–Trinajstić information content (AvgIpc) is 2.89. The number of hydrogen-bond acceptors (Lipinski definition) is 5. The normalized spacial score (nSPS) is 15.9. The first-order valence-electron chi connectivity index (χ1n) is 9.69. The van der Waals surface area contributed by atoms with Crippen LogP contribution < -0.4 is 5.32 Å². The Balaban J connectivity index is 1.90. The Morgan fingerprint density at radius 3 is 2.77 bits per heavy atom. The van der Waals surface area contributed by atoms with Crippen LogP contribution >= 0.6 is 11.6 Å². The molecule has 31 heavy (non-hydrogen) atoms. The van der Waals surface area contributed by atoms with Gasteiger partial charge >= 0.3 is 6.18 Å². The number of aromatic nitrogens is 2. The molecule has 0 radical (unpaired) electrons. The minimum atomic E-state index is -4.57. The van der Waals surface area contributed by atoms with Crippen LogP contribution in [0, 0.1) is 10.1 Å². The minimum Gasteiger partial charge on any atom is -0.315 e. The number of non-ortho nitro benzene ring substituents is 1. The zero-order chi connectivity index (χ0) is 22.2. The molecule has 0 unspecified atom stereocenters. The van der Waals surface area contributed by atoms with E-state index in [1.807, 2.05) is 0 Å². The van der Waals surface area contributed by atoms with Gasteiger partial charge in [-0.25, -0.2) is 4.98 Å². The van der Waals surface area contributed by atoms with Crippen molar-refractivity contribution in [3.8, 4) is 11.3 Å². The summed E-state index contributed by atoms with van der Waals surface area (Å²) in [7, 11) is 0. The Labute approximate surface area is 180 Å². The number of halogens is 4. The summed E-state index contributed by atoms with van der Waals surface area (Å²) in [6.45, 7) is 3.44. The van der Waals surface area contributed by atoms with E-state index in [1.165, 1.54) is 22.6 Å². The Bertz CT molecular complexity index is 1120. The second-order valence-electron chi connectivity index (χ2n) is 7.36. The van der Waals surface area contributed by atoms with Gasteiger partial charge in [0.2, 0.25) is 0 Å². The van der Waals surface area contributed by atoms with Crippen molar-refractivity contribution in [3.63, 3.8) is 0 Å². The molecule has 0 saturated carbocycles. The van der Waals surface area contributed by atoms with E-state index in [9.17, 15) is 23.3 Å². The van der Waals surface area contributed by atoms with Crippen LogP contribution in [0.4, 0.5) is 18.9 Å². The number of nitro groups is 1. The molecule has 0 amide bonds. The molecular formula is C20H19ClF3N5O2. The van der Waals surface area contributed by atoms with E-state index in [2.05, 4.69) is 15.2 Å². The molecule has 7 nitrogen and oxygen atoms in total. The molecule has 1 aliphatic heterocycles. The van der Waals surface area contributed by atoms with Crippen LogP contribution in [0.2, 0.25) is 5.02 Å². The molecule has 4 rings (SSSR count). The summed E-state index contributed by atoms with van der Waals surface area (Å²) in [4.78, 5) is 17.3. The van der Waals surface area contributed by atoms with Crippen LogP contribution in [0.1, 0.15) is 17.7 Å². The lowest BCUT2D eigenvalue weighted by atomic mass is 10.1. The lowest BCUT2D eigenvalue weighted by molar-refractivity contribution is -0.384. The molecule has 0 atom stereocenters. The van der Waals surface area contributed by atoms with Crippen molar-refractivity contribution >= 4 is 22.9 Å². The zero-order valence-electron chi connectivity index (χ0n) is 16.3. The van der Waals surface area contributed by atoms with Gasteiger partial charge in [0.15, 0.2) is 5.65 Å². The van der Waals surface area contributed by atoms with Gasteiger partial charge in [0.1, 0.15) is 0 Å². The van der Waals surface area contributed by atoms with Crippen molar-refractivity contribution in [3.05, 3.63) is 62.9 Å². The van der Waals surface area contributed by atoms with Gasteiger partial charge in [-0.1, -0.05) is 23.7 Å². The highest BCUT2D eigenvalue weighted by Gasteiger charge is 2.33. The van der Waals surface area contributed by atoms with Crippen LogP contribution in [-0.2, 0) is 12.7 Å². The second kappa shape index (κ2) is 8.45. The fourth-order valence-electron chi connectivity index (χ4n) is 3.73. The summed E-state index contributed by atoms with van der Waals surface area (Å²) in [6.07, 6.45) is -2.69. The topological polar surface area (TPSA) is 75.7 Å². The summed E-state index contributed by atoms with van der Waals surface area (Å²) in [5.74, 6) is 0. The first kappa shape index (κ1) is 21.5. The maximum absolute atomic E-state index is 13.4. The molecular weight excluding hydrogens is 435 g/mol. The summed E-state index contributed by atoms with van der Waals surface area (Å²) >= 11 is 6.18. The van der Waals surface area contributed by atoms with Crippen molar-refractivity contribution < 1.29 is 18.1 Å². The molecule has 164 valence electrons. The summed E-state index contributed by atoms with van der Waals surface area (Å²) in [6, 6.07) is 6.75. The van der Waals surface area contributed by atoms with Crippen LogP contribution in [0.3, 0.4) is 0 Å². The zero-order valence-corrected chi connectivity index (χ0v) is 17.1. The van der Waals surface area contributed by atoms with Gasteiger partial charge in [-0.3, -0.25) is 15.0 Å². The number of hydrogen-bond donors (Lipinski definition) is 1. The number of imidazole rings is 1. The summed E-state index contributed by atoms with van der Waals surface area (Å²) in [5, 5.41) is 14.4. The van der Waals surface area contributed by atoms with Crippen molar-refractivity contribution in [2.45, 2.75) is 19.1 Å². The lowest BCUT2D eigenvalue weighted by Gasteiger charge is -2.20. The van der Waals surface area contributed by atoms with Gasteiger partial charge < -0.3 is 9.72 Å². The van der Waals surface area contributed by atoms with E-state index in [0.717, 1.165) is 38.3 Å². The highest BCUT2D eigenvalue weighted by atomic mass is 35.5. The number of nitrogens with zero attached hydrogens (tertiary/aromatic N) is 4. The Kier molecular flexibility index (Phi) is 5.87. The largest absolute Gasteiger partial charge is 0.417 e. The Hall–Kier alpha value is -2.69. The number of alkyl halides is 3. The second-order valence-corrected chi connectivity index (χ2v) is 7.77. The van der Waals surface area contributed by atoms with E-state index < -0.39 is 16.7 Å². The molecule has 2 aromatic heterocycles. The van der Waals surface area contributed by atoms with E-state index in [4.69, 9.17) is 11.6 Å². The van der Waals surface area contributed by atoms with E-state index in [0.29, 0.717) is 30.0 Å². The van der Waals surface area contributed by atoms with Crippen molar-refractivity contribution in [2.24, 2.45) is 0 Å². The Morgan fingerprint density at radius 2 is 2.03 bits per heavy atom. The van der Waals surface area contributed by atoms with Gasteiger partial charge in [0, 0.05) is 43.5 Å². The first-order valence-corrected chi connectivity index (χ1v) is 10.1. The molecule has 1 N–H and O–H groups in total. The molecule has 1 aromatic carbocycles. The van der Waals surface area contributed by atoms with Crippen LogP contribution in [0.25, 0.3) is 16.9 Å². The first-order chi connectivity index (χ1) is 14.7. The fourth-order valence-corrected chi connectivity index (χ4v) is 3.98. The number of benzene rings is 1. The maximum Gasteiger partial charge on any atom is 0.417 e. The smallest absolute Gasteiger partial charge is 0.315 e. The monoisotopic (exact) mass is 453 g/mol. The van der Waals surface area contributed by atoms with Crippen molar-refractivity contribution in [2.75, 3.05) is 26.2 Å². The molecule has 1 aliphatic rings. The van der Waals surface area contributed by atoms with Crippen LogP contribution in [-0.4, -0.2) is 45.4 Å². The van der Waals surface area contributed by atoms with E-state index in [-0.39, 0.29) is 16.4 Å². The molecule has 3 heterocycles. The van der Waals surface area contributed by atoms with Gasteiger partial charge in [-0.15, -0.1) is 0 Å². The number of pyridine rings is 1. The number of nitrogens with one attached hydrogen (secondary N) is 1. The third-order valence-corrected chi connectivity index (χ3v) is 5.52. The molecule has 11 heteroatoms. The number of fused-ring (bicyclic) bond motifs is 1. The molecule has 0 aliphatic carbocycles. The van der Waals surface area contributed by atoms with Crippen LogP contribution in [0.15, 0.2) is 36.5 Å². The molecule has 1 saturated heterocycles. The van der Waals surface area contributed by atoms with Gasteiger partial charge in [-0.05, 0) is 25.6 Å². The standard InChI is InChI=1S/C20H19ClF3N5O2/c21-16-10-14(20(22,23)24)11-28-17(12-27-7-2-5-25-6-8-27)18(26-19(16)28)13-3-1-4-15(9-13)29(30)31/h1,3-4,9-11,25H,2,5-8,12H2. The lowest BCUT2D eigenvalue weighted by Crippen LogP contribution is -2.28. The van der Waals surface area contributed by atoms with E-state index in [1.54, 1.807) is 6.07 Å². The van der Waals surface area contributed by atoms with Gasteiger partial charge in [0.25, 0.3) is 5.69 Å². The number of nitro benzene ring substituents is 1. The molecule has 3 aromatic rings. The number of rotatable bonds is 4. The predicted octanol–water partition coefficient (Wildman–Crippen LogP) is 4.38. The van der Waals surface area contributed by atoms with Crippen LogP contribution in [0.5, 0.6) is 0 Å². The summed E-state index contributed by atoms with van der Waals surface area (Å²) < 4.78 is 41.6. The SMILES string of the molecule is O=[N+]([O-])c1cccc(-c2nc3c(Cl)cc(C(F)(F)F)cn3c2CN2CCCNCC2)c1. The van der Waals surface area contributed by atoms with Gasteiger partial charge in [-0.2, -0.15) is 13.2 Å². The highest BCUT2D eigenvalue weighted by molar-refractivity contribution is 6.33. The fraction of sp³-hybridized carbons (Fsp3) is 0.350. The Morgan fingerprint density at radius 1 is 1.23 bits per heavy atom. The quantitative estimate of drug-likeness (QED) is 0.469. The predicted molar refractivity (Wildman–Crippen MR) is 110 cm³/mol. The summed E-state index contributed by atoms with van der Waals surface area (Å²) in [5.41, 5.74) is 0.505. The maximum atomic E-state index is 13.4. The van der Waals surface area contributed by atoms with E-state index >= 15 is 0 Å². The van der Waals surface area contributed by atoms with Gasteiger partial charge in [0.05, 0.1) is 26.9 Å². The molecule has 1 fully saturated rings. The third-order valence-electron chi connectivity index (χ3n) is 5.24. The average molecular weight is 454 g/mol. The van der Waals surface area contributed by atoms with Crippen molar-refractivity contribution in [1.82, 2.24) is 19.6 Å². The highest BCUT2D eigenvalue weighted by Crippen LogP contribution is 2.35. The molecule has 0 bridgehead atoms. The molecule has 0 spiro atoms. The minimum absolute atomic E-state index is 0.124. The third kappa shape index (κ3) is 4.51.